The first-order chi connectivity index (χ1) is 17.4. The van der Waals surface area contributed by atoms with Gasteiger partial charge in [-0.15, -0.1) is 0 Å². The molecule has 0 unspecified atom stereocenters. The van der Waals surface area contributed by atoms with E-state index in [4.69, 9.17) is 4.74 Å². The molecule has 1 aliphatic heterocycles. The summed E-state index contributed by atoms with van der Waals surface area (Å²) >= 11 is 0. The van der Waals surface area contributed by atoms with E-state index in [0.717, 1.165) is 60.6 Å². The van der Waals surface area contributed by atoms with Crippen molar-refractivity contribution < 1.29 is 17.9 Å². The first-order valence-corrected chi connectivity index (χ1v) is 16.8. The average Bonchev–Trinajstić information content (AvgIpc) is 3.55. The fraction of sp³-hybridized carbons (Fsp3) is 0.708. The lowest BCUT2D eigenvalue weighted by Crippen LogP contribution is -2.38. The highest BCUT2D eigenvalue weighted by atomic mass is 33.1. The Morgan fingerprint density at radius 3 is 2.75 bits per heavy atom. The molecule has 1 saturated heterocycles. The summed E-state index contributed by atoms with van der Waals surface area (Å²) in [5.41, 5.74) is 0.740. The Bertz CT molecular complexity index is 1110. The molecule has 9 nitrogen and oxygen atoms in total. The molecule has 3 heterocycles. The third-order valence-corrected chi connectivity index (χ3v) is 11.8. The van der Waals surface area contributed by atoms with Crippen LogP contribution >= 0.6 is 21.6 Å². The van der Waals surface area contributed by atoms with Crippen LogP contribution in [0.2, 0.25) is 0 Å². The number of aromatic nitrogens is 3. The van der Waals surface area contributed by atoms with Gasteiger partial charge in [0.25, 0.3) is 0 Å². The number of esters is 1. The Kier molecular flexibility index (Phi) is 9.82. The largest absolute Gasteiger partial charge is 0.444 e. The number of unbranched alkanes of at least 4 members (excludes halogenated alkanes) is 1. The van der Waals surface area contributed by atoms with Crippen LogP contribution in [0.3, 0.4) is 0 Å². The highest BCUT2D eigenvalue weighted by molar-refractivity contribution is 8.77. The second-order valence-corrected chi connectivity index (χ2v) is 14.5. The minimum absolute atomic E-state index is 0.142. The summed E-state index contributed by atoms with van der Waals surface area (Å²) in [6, 6.07) is 2.26. The van der Waals surface area contributed by atoms with Crippen LogP contribution in [0.25, 0.3) is 11.0 Å². The monoisotopic (exact) mass is 555 g/mol. The maximum atomic E-state index is 12.3. The second kappa shape index (κ2) is 12.8. The van der Waals surface area contributed by atoms with Gasteiger partial charge in [-0.05, 0) is 64.0 Å². The fourth-order valence-corrected chi connectivity index (χ4v) is 9.21. The molecule has 0 amide bonds. The predicted octanol–water partition coefficient (Wildman–Crippen LogP) is 4.19. The van der Waals surface area contributed by atoms with Gasteiger partial charge in [-0.2, -0.15) is 0 Å². The van der Waals surface area contributed by atoms with Crippen molar-refractivity contribution in [2.24, 2.45) is 5.92 Å². The topological polar surface area (TPSA) is 106 Å². The number of carbonyl (C=O) groups excluding carboxylic acids is 1. The number of rotatable bonds is 12. The van der Waals surface area contributed by atoms with E-state index in [0.29, 0.717) is 12.5 Å². The minimum Gasteiger partial charge on any atom is -0.444 e. The van der Waals surface area contributed by atoms with Crippen molar-refractivity contribution in [1.29, 1.82) is 0 Å². The molecule has 2 aromatic heterocycles. The summed E-state index contributed by atoms with van der Waals surface area (Å²) in [7, 11) is 4.26. The third-order valence-electron chi connectivity index (χ3n) is 7.25. The molecule has 1 saturated carbocycles. The lowest BCUT2D eigenvalue weighted by molar-refractivity contribution is -0.147. The number of ether oxygens (including phenoxy) is 1. The molecule has 0 radical (unpaired) electrons. The van der Waals surface area contributed by atoms with Gasteiger partial charge < -0.3 is 9.64 Å². The van der Waals surface area contributed by atoms with Crippen LogP contribution < -0.4 is 9.62 Å². The lowest BCUT2D eigenvalue weighted by Gasteiger charge is -2.35. The molecule has 2 aliphatic rings. The zero-order valence-corrected chi connectivity index (χ0v) is 23.5. The normalized spacial score (nSPS) is 22.7. The van der Waals surface area contributed by atoms with E-state index >= 15 is 0 Å². The van der Waals surface area contributed by atoms with Crippen molar-refractivity contribution in [2.75, 3.05) is 30.5 Å². The number of fused-ring (bicyclic) bond motifs is 1. The number of sulfonamides is 1. The Hall–Kier alpha value is -1.50. The summed E-state index contributed by atoms with van der Waals surface area (Å²) in [4.78, 5) is 23.4. The van der Waals surface area contributed by atoms with Crippen LogP contribution in [0.4, 0.5) is 5.82 Å². The highest BCUT2D eigenvalue weighted by Crippen LogP contribution is 2.40. The molecule has 2 aromatic rings. The molecule has 1 N–H and O–H groups in total. The Labute approximate surface area is 222 Å². The third kappa shape index (κ3) is 7.29. The van der Waals surface area contributed by atoms with Gasteiger partial charge >= 0.3 is 5.97 Å². The summed E-state index contributed by atoms with van der Waals surface area (Å²) < 4.78 is 33.6. The smallest absolute Gasteiger partial charge is 0.307 e. The molecule has 1 atom stereocenters. The SMILES string of the molecule is CNS(=O)(=O)CC1CCC(N(C)c2ncnc3c2ccn3COC(=O)CCCC[C@@H]2CCSS2)CC1. The number of hydrogen-bond acceptors (Lipinski definition) is 9. The van der Waals surface area contributed by atoms with Crippen LogP contribution in [-0.2, 0) is 26.3 Å². The maximum Gasteiger partial charge on any atom is 0.307 e. The van der Waals surface area contributed by atoms with Gasteiger partial charge in [0.05, 0.1) is 11.1 Å². The van der Waals surface area contributed by atoms with Gasteiger partial charge in [0.1, 0.15) is 17.8 Å². The van der Waals surface area contributed by atoms with Gasteiger partial charge in [-0.1, -0.05) is 28.0 Å². The van der Waals surface area contributed by atoms with Crippen molar-refractivity contribution in [2.45, 2.75) is 75.8 Å². The fourth-order valence-electron chi connectivity index (χ4n) is 5.06. The van der Waals surface area contributed by atoms with Crippen LogP contribution in [0, 0.1) is 5.92 Å². The van der Waals surface area contributed by atoms with E-state index in [1.54, 1.807) is 6.33 Å². The number of nitrogens with one attached hydrogen (secondary N) is 1. The zero-order chi connectivity index (χ0) is 25.5. The molecule has 2 fully saturated rings. The van der Waals surface area contributed by atoms with Gasteiger partial charge in [0.15, 0.2) is 6.73 Å². The van der Waals surface area contributed by atoms with Crippen molar-refractivity contribution in [3.05, 3.63) is 18.6 Å². The van der Waals surface area contributed by atoms with Crippen LogP contribution in [-0.4, -0.2) is 65.8 Å². The molecule has 4 rings (SSSR count). The molecule has 200 valence electrons. The van der Waals surface area contributed by atoms with Crippen molar-refractivity contribution in [3.8, 4) is 0 Å². The standard InChI is InChI=1S/C24H37N5O4S3/c1-25-36(31,32)15-18-7-9-19(10-8-18)28(2)23-21-11-13-29(24(21)27-16-26-23)17-33-22(30)6-4-3-5-20-12-14-34-35-20/h11,13,16,18-20,25H,3-10,12,14-15,17H2,1-2H3/t18?,19?,20-/m1/s1. The van der Waals surface area contributed by atoms with Gasteiger partial charge in [0.2, 0.25) is 10.0 Å². The van der Waals surface area contributed by atoms with Crippen LogP contribution in [0.1, 0.15) is 57.8 Å². The summed E-state index contributed by atoms with van der Waals surface area (Å²) in [5.74, 6) is 2.30. The van der Waals surface area contributed by atoms with E-state index in [-0.39, 0.29) is 24.4 Å². The van der Waals surface area contributed by atoms with E-state index in [1.165, 1.54) is 25.6 Å². The van der Waals surface area contributed by atoms with Crippen molar-refractivity contribution in [3.63, 3.8) is 0 Å². The number of carbonyl (C=O) groups is 1. The minimum atomic E-state index is -3.18. The molecular formula is C24H37N5O4S3. The number of nitrogens with zero attached hydrogens (tertiary/aromatic N) is 4. The van der Waals surface area contributed by atoms with Gasteiger partial charge in [-0.3, -0.25) is 9.36 Å². The molecule has 36 heavy (non-hydrogen) atoms. The molecule has 0 aromatic carbocycles. The van der Waals surface area contributed by atoms with E-state index < -0.39 is 10.0 Å². The molecule has 1 aliphatic carbocycles. The number of hydrogen-bond donors (Lipinski definition) is 1. The molecule has 12 heteroatoms. The van der Waals surface area contributed by atoms with E-state index in [1.807, 2.05) is 45.5 Å². The summed E-state index contributed by atoms with van der Waals surface area (Å²) in [6.07, 6.45) is 11.9. The highest BCUT2D eigenvalue weighted by Gasteiger charge is 2.28. The quantitative estimate of drug-likeness (QED) is 0.234. The molecule has 0 spiro atoms. The zero-order valence-electron chi connectivity index (χ0n) is 21.1. The Morgan fingerprint density at radius 1 is 1.22 bits per heavy atom. The van der Waals surface area contributed by atoms with Crippen molar-refractivity contribution >= 4 is 54.4 Å². The van der Waals surface area contributed by atoms with Crippen molar-refractivity contribution in [1.82, 2.24) is 19.3 Å². The maximum absolute atomic E-state index is 12.3. The van der Waals surface area contributed by atoms with Gasteiger partial charge in [0, 0.05) is 36.7 Å². The first-order valence-electron chi connectivity index (χ1n) is 12.7. The Morgan fingerprint density at radius 2 is 2.03 bits per heavy atom. The molecular weight excluding hydrogens is 518 g/mol. The molecule has 0 bridgehead atoms. The lowest BCUT2D eigenvalue weighted by atomic mass is 9.86. The summed E-state index contributed by atoms with van der Waals surface area (Å²) in [5, 5.41) is 1.66. The second-order valence-electron chi connectivity index (χ2n) is 9.71. The van der Waals surface area contributed by atoms with E-state index in [9.17, 15) is 13.2 Å². The predicted molar refractivity (Wildman–Crippen MR) is 148 cm³/mol. The van der Waals surface area contributed by atoms with Crippen LogP contribution in [0.5, 0.6) is 0 Å². The van der Waals surface area contributed by atoms with Gasteiger partial charge in [-0.25, -0.2) is 23.1 Å². The average molecular weight is 556 g/mol. The van der Waals surface area contributed by atoms with E-state index in [2.05, 4.69) is 19.6 Å². The van der Waals surface area contributed by atoms with Crippen LogP contribution in [0.15, 0.2) is 18.6 Å². The Balaban J connectivity index is 1.28. The summed E-state index contributed by atoms with van der Waals surface area (Å²) in [6.45, 7) is 0.142. The number of anilines is 1. The first kappa shape index (κ1) is 27.5.